The fraction of sp³-hybridized carbons (Fsp3) is 1.00. The first-order valence-electron chi connectivity index (χ1n) is 8.66. The van der Waals surface area contributed by atoms with E-state index in [9.17, 15) is 0 Å². The summed E-state index contributed by atoms with van der Waals surface area (Å²) in [6.07, 6.45) is 14.4. The SMILES string of the molecule is CC(CCN)CCCN1CCC2(CCCCC2)CC1. The van der Waals surface area contributed by atoms with Crippen molar-refractivity contribution < 1.29 is 0 Å². The smallest absolute Gasteiger partial charge is 0.00134 e. The zero-order valence-corrected chi connectivity index (χ0v) is 13.0. The molecule has 2 fully saturated rings. The van der Waals surface area contributed by atoms with Crippen LogP contribution in [0.15, 0.2) is 0 Å². The molecule has 0 bridgehead atoms. The Kier molecular flexibility index (Phi) is 6.15. The van der Waals surface area contributed by atoms with Crippen molar-refractivity contribution in [1.29, 1.82) is 0 Å². The Balaban J connectivity index is 1.60. The van der Waals surface area contributed by atoms with Gasteiger partial charge in [0.05, 0.1) is 0 Å². The molecule has 112 valence electrons. The summed E-state index contributed by atoms with van der Waals surface area (Å²) in [5.41, 5.74) is 6.38. The van der Waals surface area contributed by atoms with E-state index in [1.807, 2.05) is 0 Å². The number of nitrogens with zero attached hydrogens (tertiary/aromatic N) is 1. The molecule has 0 radical (unpaired) electrons. The van der Waals surface area contributed by atoms with Crippen LogP contribution in [0.4, 0.5) is 0 Å². The molecule has 1 heterocycles. The normalized spacial score (nSPS) is 25.6. The van der Waals surface area contributed by atoms with E-state index in [1.165, 1.54) is 83.8 Å². The highest BCUT2D eigenvalue weighted by Crippen LogP contribution is 2.44. The first kappa shape index (κ1) is 15.3. The van der Waals surface area contributed by atoms with E-state index < -0.39 is 0 Å². The summed E-state index contributed by atoms with van der Waals surface area (Å²) < 4.78 is 0. The zero-order chi connectivity index (χ0) is 13.6. The third kappa shape index (κ3) is 4.75. The maximum absolute atomic E-state index is 5.61. The maximum atomic E-state index is 5.61. The van der Waals surface area contributed by atoms with E-state index in [0.717, 1.165) is 17.9 Å². The van der Waals surface area contributed by atoms with Crippen LogP contribution in [0.2, 0.25) is 0 Å². The summed E-state index contributed by atoms with van der Waals surface area (Å²) in [4.78, 5) is 2.72. The Bertz CT molecular complexity index is 236. The summed E-state index contributed by atoms with van der Waals surface area (Å²) in [5.74, 6) is 0.819. The van der Waals surface area contributed by atoms with E-state index in [-0.39, 0.29) is 0 Å². The standard InChI is InChI=1S/C17H34N2/c1-16(7-12-18)6-5-13-19-14-10-17(11-15-19)8-3-2-4-9-17/h16H,2-15,18H2,1H3. The van der Waals surface area contributed by atoms with Crippen molar-refractivity contribution in [2.45, 2.75) is 71.1 Å². The minimum Gasteiger partial charge on any atom is -0.330 e. The van der Waals surface area contributed by atoms with Crippen LogP contribution in [0.25, 0.3) is 0 Å². The maximum Gasteiger partial charge on any atom is -0.00134 e. The van der Waals surface area contributed by atoms with Gasteiger partial charge in [-0.1, -0.05) is 26.2 Å². The van der Waals surface area contributed by atoms with Crippen LogP contribution in [-0.2, 0) is 0 Å². The third-order valence-electron chi connectivity index (χ3n) is 5.66. The Morgan fingerprint density at radius 3 is 2.32 bits per heavy atom. The predicted octanol–water partition coefficient (Wildman–Crippen LogP) is 3.80. The van der Waals surface area contributed by atoms with Crippen molar-refractivity contribution >= 4 is 0 Å². The van der Waals surface area contributed by atoms with Gasteiger partial charge in [0, 0.05) is 0 Å². The Hall–Kier alpha value is -0.0800. The van der Waals surface area contributed by atoms with Crippen molar-refractivity contribution in [2.24, 2.45) is 17.1 Å². The van der Waals surface area contributed by atoms with Crippen LogP contribution in [0.3, 0.4) is 0 Å². The number of hydrogen-bond donors (Lipinski definition) is 1. The topological polar surface area (TPSA) is 29.3 Å². The fourth-order valence-corrected chi connectivity index (χ4v) is 4.14. The van der Waals surface area contributed by atoms with E-state index in [0.29, 0.717) is 0 Å². The highest BCUT2D eigenvalue weighted by Gasteiger charge is 2.35. The first-order valence-corrected chi connectivity index (χ1v) is 8.66. The molecule has 1 spiro atoms. The van der Waals surface area contributed by atoms with Gasteiger partial charge in [-0.05, 0) is 82.5 Å². The number of rotatable bonds is 6. The van der Waals surface area contributed by atoms with E-state index in [4.69, 9.17) is 5.73 Å². The average Bonchev–Trinajstić information content (AvgIpc) is 2.43. The Morgan fingerprint density at radius 1 is 1.00 bits per heavy atom. The molecule has 1 aliphatic heterocycles. The van der Waals surface area contributed by atoms with E-state index in [2.05, 4.69) is 11.8 Å². The molecule has 1 saturated carbocycles. The van der Waals surface area contributed by atoms with Crippen LogP contribution in [0.5, 0.6) is 0 Å². The number of likely N-dealkylation sites (tertiary alicyclic amines) is 1. The highest BCUT2D eigenvalue weighted by atomic mass is 15.1. The lowest BCUT2D eigenvalue weighted by Crippen LogP contribution is -2.41. The summed E-state index contributed by atoms with van der Waals surface area (Å²) in [6, 6.07) is 0. The molecule has 2 nitrogen and oxygen atoms in total. The quantitative estimate of drug-likeness (QED) is 0.792. The second-order valence-corrected chi connectivity index (χ2v) is 7.23. The van der Waals surface area contributed by atoms with Gasteiger partial charge in [0.25, 0.3) is 0 Å². The summed E-state index contributed by atoms with van der Waals surface area (Å²) in [6.45, 7) is 7.26. The first-order chi connectivity index (χ1) is 9.24. The van der Waals surface area contributed by atoms with Crippen LogP contribution < -0.4 is 5.73 Å². The monoisotopic (exact) mass is 266 g/mol. The van der Waals surface area contributed by atoms with Gasteiger partial charge in [0.15, 0.2) is 0 Å². The average molecular weight is 266 g/mol. The molecule has 19 heavy (non-hydrogen) atoms. The van der Waals surface area contributed by atoms with Gasteiger partial charge in [-0.25, -0.2) is 0 Å². The van der Waals surface area contributed by atoms with Crippen molar-refractivity contribution in [3.05, 3.63) is 0 Å². The lowest BCUT2D eigenvalue weighted by molar-refractivity contribution is 0.0665. The largest absolute Gasteiger partial charge is 0.330 e. The fourth-order valence-electron chi connectivity index (χ4n) is 4.14. The molecular weight excluding hydrogens is 232 g/mol. The minimum absolute atomic E-state index is 0.765. The van der Waals surface area contributed by atoms with Gasteiger partial charge in [-0.2, -0.15) is 0 Å². The Labute approximate surface area is 120 Å². The molecular formula is C17H34N2. The lowest BCUT2D eigenvalue weighted by Gasteiger charge is -2.44. The van der Waals surface area contributed by atoms with Crippen molar-refractivity contribution in [3.8, 4) is 0 Å². The zero-order valence-electron chi connectivity index (χ0n) is 13.0. The van der Waals surface area contributed by atoms with Gasteiger partial charge >= 0.3 is 0 Å². The molecule has 2 N–H and O–H groups in total. The molecule has 1 atom stereocenters. The lowest BCUT2D eigenvalue weighted by atomic mass is 9.68. The second-order valence-electron chi connectivity index (χ2n) is 7.23. The summed E-state index contributed by atoms with van der Waals surface area (Å²) in [5, 5.41) is 0. The molecule has 0 aromatic rings. The van der Waals surface area contributed by atoms with Gasteiger partial charge in [-0.15, -0.1) is 0 Å². The van der Waals surface area contributed by atoms with Crippen molar-refractivity contribution in [2.75, 3.05) is 26.2 Å². The molecule has 1 unspecified atom stereocenters. The number of hydrogen-bond acceptors (Lipinski definition) is 2. The summed E-state index contributed by atoms with van der Waals surface area (Å²) >= 11 is 0. The van der Waals surface area contributed by atoms with Crippen molar-refractivity contribution in [3.63, 3.8) is 0 Å². The van der Waals surface area contributed by atoms with Gasteiger partial charge in [0.1, 0.15) is 0 Å². The van der Waals surface area contributed by atoms with Crippen LogP contribution in [0, 0.1) is 11.3 Å². The van der Waals surface area contributed by atoms with Crippen LogP contribution in [0.1, 0.15) is 71.1 Å². The van der Waals surface area contributed by atoms with Crippen molar-refractivity contribution in [1.82, 2.24) is 4.90 Å². The Morgan fingerprint density at radius 2 is 1.68 bits per heavy atom. The van der Waals surface area contributed by atoms with Crippen LogP contribution >= 0.6 is 0 Å². The molecule has 0 aromatic heterocycles. The highest BCUT2D eigenvalue weighted by molar-refractivity contribution is 4.88. The molecule has 1 aliphatic carbocycles. The molecule has 2 rings (SSSR count). The van der Waals surface area contributed by atoms with E-state index >= 15 is 0 Å². The third-order valence-corrected chi connectivity index (χ3v) is 5.66. The summed E-state index contributed by atoms with van der Waals surface area (Å²) in [7, 11) is 0. The predicted molar refractivity (Wildman–Crippen MR) is 83.3 cm³/mol. The number of nitrogens with two attached hydrogens (primary N) is 1. The molecule has 2 aliphatic rings. The van der Waals surface area contributed by atoms with Crippen LogP contribution in [-0.4, -0.2) is 31.1 Å². The molecule has 0 aromatic carbocycles. The van der Waals surface area contributed by atoms with Gasteiger partial charge in [-0.3, -0.25) is 0 Å². The van der Waals surface area contributed by atoms with Gasteiger partial charge < -0.3 is 10.6 Å². The minimum atomic E-state index is 0.765. The molecule has 1 saturated heterocycles. The second kappa shape index (κ2) is 7.64. The molecule has 0 amide bonds. The number of piperidine rings is 1. The van der Waals surface area contributed by atoms with E-state index in [1.54, 1.807) is 0 Å². The van der Waals surface area contributed by atoms with Gasteiger partial charge in [0.2, 0.25) is 0 Å². The molecule has 2 heteroatoms.